The van der Waals surface area contributed by atoms with Crippen LogP contribution in [0.25, 0.3) is 49.2 Å². The van der Waals surface area contributed by atoms with Crippen molar-refractivity contribution in [2.24, 2.45) is 0 Å². The van der Waals surface area contributed by atoms with E-state index >= 15 is 0 Å². The van der Waals surface area contributed by atoms with Crippen molar-refractivity contribution >= 4 is 49.2 Å². The molecule has 0 spiro atoms. The molecular formula is C24H16O2. The standard InChI is InChI=1S/C24H16O2/c25-20-11-10-18-19(24(20)26)12-14-9-8-13-4-3-7-16-15-5-1-2-6-17(15)23(18)22(14)21(13)16/h1-12,20,24-26H/t20-,24-/m1/s1. The maximum absolute atomic E-state index is 10.6. The zero-order valence-electron chi connectivity index (χ0n) is 14.0. The lowest BCUT2D eigenvalue weighted by molar-refractivity contribution is 0.0472. The summed E-state index contributed by atoms with van der Waals surface area (Å²) in [7, 11) is 0. The summed E-state index contributed by atoms with van der Waals surface area (Å²) in [5.41, 5.74) is 1.82. The Morgan fingerprint density at radius 2 is 1.38 bits per heavy atom. The highest BCUT2D eigenvalue weighted by Gasteiger charge is 2.26. The molecule has 0 saturated carbocycles. The van der Waals surface area contributed by atoms with E-state index in [2.05, 4.69) is 54.6 Å². The van der Waals surface area contributed by atoms with Gasteiger partial charge >= 0.3 is 0 Å². The fourth-order valence-corrected chi connectivity index (χ4v) is 4.66. The molecule has 26 heavy (non-hydrogen) atoms. The van der Waals surface area contributed by atoms with Gasteiger partial charge in [0.1, 0.15) is 12.2 Å². The van der Waals surface area contributed by atoms with Gasteiger partial charge in [0.05, 0.1) is 0 Å². The Morgan fingerprint density at radius 1 is 0.654 bits per heavy atom. The Hall–Kier alpha value is -2.94. The number of benzene rings is 5. The Labute approximate surface area is 149 Å². The molecule has 0 bridgehead atoms. The number of aliphatic hydroxyl groups excluding tert-OH is 2. The van der Waals surface area contributed by atoms with Gasteiger partial charge in [-0.3, -0.25) is 0 Å². The second-order valence-electron chi connectivity index (χ2n) is 7.16. The summed E-state index contributed by atoms with van der Waals surface area (Å²) < 4.78 is 0. The van der Waals surface area contributed by atoms with E-state index in [0.717, 1.165) is 16.5 Å². The van der Waals surface area contributed by atoms with E-state index in [4.69, 9.17) is 0 Å². The summed E-state index contributed by atoms with van der Waals surface area (Å²) in [5, 5.41) is 30.4. The lowest BCUT2D eigenvalue weighted by Gasteiger charge is -2.25. The fourth-order valence-electron chi connectivity index (χ4n) is 4.66. The third kappa shape index (κ3) is 1.63. The van der Waals surface area contributed by atoms with Gasteiger partial charge < -0.3 is 10.2 Å². The lowest BCUT2D eigenvalue weighted by Crippen LogP contribution is -2.19. The van der Waals surface area contributed by atoms with E-state index in [1.807, 2.05) is 12.1 Å². The average Bonchev–Trinajstić information content (AvgIpc) is 2.69. The first-order valence-corrected chi connectivity index (χ1v) is 8.90. The molecule has 1 aliphatic rings. The van der Waals surface area contributed by atoms with Crippen LogP contribution in [0.4, 0.5) is 0 Å². The van der Waals surface area contributed by atoms with Crippen molar-refractivity contribution in [1.29, 1.82) is 0 Å². The molecule has 2 nitrogen and oxygen atoms in total. The maximum Gasteiger partial charge on any atom is 0.109 e. The molecule has 0 heterocycles. The normalized spacial score (nSPS) is 19.8. The number of rotatable bonds is 0. The van der Waals surface area contributed by atoms with Crippen LogP contribution in [0.15, 0.2) is 66.7 Å². The van der Waals surface area contributed by atoms with Crippen LogP contribution in [0.2, 0.25) is 0 Å². The smallest absolute Gasteiger partial charge is 0.109 e. The molecule has 0 saturated heterocycles. The number of hydrogen-bond acceptors (Lipinski definition) is 2. The molecule has 6 rings (SSSR count). The Bertz CT molecular complexity index is 1360. The Morgan fingerprint density at radius 3 is 2.27 bits per heavy atom. The Kier molecular flexibility index (Phi) is 2.64. The van der Waals surface area contributed by atoms with Crippen molar-refractivity contribution in [3.63, 3.8) is 0 Å². The van der Waals surface area contributed by atoms with E-state index in [1.165, 1.54) is 37.7 Å². The zero-order chi connectivity index (χ0) is 17.4. The van der Waals surface area contributed by atoms with E-state index in [9.17, 15) is 10.2 Å². The predicted molar refractivity (Wildman–Crippen MR) is 108 cm³/mol. The minimum atomic E-state index is -0.893. The molecule has 0 unspecified atom stereocenters. The van der Waals surface area contributed by atoms with E-state index in [0.29, 0.717) is 0 Å². The second-order valence-corrected chi connectivity index (χ2v) is 7.16. The van der Waals surface area contributed by atoms with Crippen molar-refractivity contribution in [1.82, 2.24) is 0 Å². The van der Waals surface area contributed by atoms with Crippen molar-refractivity contribution in [3.05, 3.63) is 77.9 Å². The van der Waals surface area contributed by atoms with E-state index in [-0.39, 0.29) is 0 Å². The maximum atomic E-state index is 10.6. The fraction of sp³-hybridized carbons (Fsp3) is 0.0833. The first-order valence-electron chi connectivity index (χ1n) is 8.90. The molecule has 124 valence electrons. The molecule has 0 aliphatic heterocycles. The molecule has 2 atom stereocenters. The van der Waals surface area contributed by atoms with Crippen molar-refractivity contribution in [2.75, 3.05) is 0 Å². The molecule has 2 heteroatoms. The summed E-state index contributed by atoms with van der Waals surface area (Å²) >= 11 is 0. The van der Waals surface area contributed by atoms with Gasteiger partial charge in [-0.15, -0.1) is 0 Å². The van der Waals surface area contributed by atoms with Crippen LogP contribution < -0.4 is 0 Å². The van der Waals surface area contributed by atoms with Crippen molar-refractivity contribution in [3.8, 4) is 0 Å². The third-order valence-electron chi connectivity index (χ3n) is 5.81. The van der Waals surface area contributed by atoms with Crippen molar-refractivity contribution < 1.29 is 10.2 Å². The molecule has 2 N–H and O–H groups in total. The summed E-state index contributed by atoms with van der Waals surface area (Å²) in [6, 6.07) is 21.2. The van der Waals surface area contributed by atoms with Gasteiger partial charge in [-0.1, -0.05) is 66.7 Å². The molecule has 5 aromatic carbocycles. The van der Waals surface area contributed by atoms with Crippen LogP contribution in [0.3, 0.4) is 0 Å². The molecule has 0 fully saturated rings. The molecular weight excluding hydrogens is 320 g/mol. The van der Waals surface area contributed by atoms with Gasteiger partial charge in [0.15, 0.2) is 0 Å². The van der Waals surface area contributed by atoms with Crippen LogP contribution >= 0.6 is 0 Å². The molecule has 0 aromatic heterocycles. The zero-order valence-corrected chi connectivity index (χ0v) is 14.0. The van der Waals surface area contributed by atoms with E-state index < -0.39 is 12.2 Å². The van der Waals surface area contributed by atoms with Crippen LogP contribution in [-0.4, -0.2) is 16.3 Å². The summed E-state index contributed by atoms with van der Waals surface area (Å²) in [6.45, 7) is 0. The topological polar surface area (TPSA) is 40.5 Å². The summed E-state index contributed by atoms with van der Waals surface area (Å²) in [5.74, 6) is 0. The number of hydrogen-bond donors (Lipinski definition) is 2. The monoisotopic (exact) mass is 336 g/mol. The lowest BCUT2D eigenvalue weighted by atomic mass is 9.82. The molecule has 5 aromatic rings. The molecule has 0 radical (unpaired) electrons. The van der Waals surface area contributed by atoms with Crippen LogP contribution in [0.5, 0.6) is 0 Å². The van der Waals surface area contributed by atoms with Crippen molar-refractivity contribution in [2.45, 2.75) is 12.2 Å². The largest absolute Gasteiger partial charge is 0.386 e. The van der Waals surface area contributed by atoms with Crippen LogP contribution in [0, 0.1) is 0 Å². The molecule has 1 aliphatic carbocycles. The number of aliphatic hydroxyl groups is 2. The van der Waals surface area contributed by atoms with Crippen LogP contribution in [-0.2, 0) is 0 Å². The SMILES string of the molecule is O[C@@H]1C=Cc2c(cc3ccc4cccc5c6ccccc6c2c3c45)[C@H]1O. The highest BCUT2D eigenvalue weighted by Crippen LogP contribution is 2.45. The third-order valence-corrected chi connectivity index (χ3v) is 5.81. The van der Waals surface area contributed by atoms with Crippen LogP contribution in [0.1, 0.15) is 17.2 Å². The molecule has 0 amide bonds. The average molecular weight is 336 g/mol. The van der Waals surface area contributed by atoms with Gasteiger partial charge in [-0.05, 0) is 60.3 Å². The number of fused-ring (bicyclic) bond motifs is 5. The summed E-state index contributed by atoms with van der Waals surface area (Å²) in [6.07, 6.45) is 1.90. The summed E-state index contributed by atoms with van der Waals surface area (Å²) in [4.78, 5) is 0. The minimum Gasteiger partial charge on any atom is -0.386 e. The highest BCUT2D eigenvalue weighted by atomic mass is 16.3. The first-order chi connectivity index (χ1) is 12.7. The van der Waals surface area contributed by atoms with Gasteiger partial charge in [-0.25, -0.2) is 0 Å². The highest BCUT2D eigenvalue weighted by molar-refractivity contribution is 6.35. The second kappa shape index (κ2) is 4.82. The van der Waals surface area contributed by atoms with E-state index in [1.54, 1.807) is 6.08 Å². The van der Waals surface area contributed by atoms with Gasteiger partial charge in [0.25, 0.3) is 0 Å². The first kappa shape index (κ1) is 14.3. The van der Waals surface area contributed by atoms with Gasteiger partial charge in [-0.2, -0.15) is 0 Å². The minimum absolute atomic E-state index is 0.802. The van der Waals surface area contributed by atoms with Gasteiger partial charge in [0, 0.05) is 0 Å². The Balaban J connectivity index is 2.01. The predicted octanol–water partition coefficient (Wildman–Crippen LogP) is 5.16. The quantitative estimate of drug-likeness (QED) is 0.303. The van der Waals surface area contributed by atoms with Gasteiger partial charge in [0.2, 0.25) is 0 Å².